The van der Waals surface area contributed by atoms with Gasteiger partial charge in [0.2, 0.25) is 5.91 Å². The second-order valence-corrected chi connectivity index (χ2v) is 5.18. The van der Waals surface area contributed by atoms with Gasteiger partial charge in [0.05, 0.1) is 24.7 Å². The first-order valence-corrected chi connectivity index (χ1v) is 6.96. The Morgan fingerprint density at radius 1 is 1.00 bits per heavy atom. The molecule has 0 unspecified atom stereocenters. The number of anilines is 1. The van der Waals surface area contributed by atoms with Gasteiger partial charge in [0, 0.05) is 5.69 Å². The van der Waals surface area contributed by atoms with Gasteiger partial charge >= 0.3 is 0 Å². The average molecular weight is 283 g/mol. The number of benzene rings is 2. The predicted octanol–water partition coefficient (Wildman–Crippen LogP) is 1.74. The minimum Gasteiger partial charge on any atom is -0.394 e. The van der Waals surface area contributed by atoms with Gasteiger partial charge in [0.1, 0.15) is 0 Å². The van der Waals surface area contributed by atoms with Crippen LogP contribution in [-0.2, 0) is 4.79 Å². The van der Waals surface area contributed by atoms with Gasteiger partial charge in [-0.3, -0.25) is 4.79 Å². The van der Waals surface area contributed by atoms with Crippen molar-refractivity contribution in [2.24, 2.45) is 5.92 Å². The maximum absolute atomic E-state index is 12.4. The summed E-state index contributed by atoms with van der Waals surface area (Å²) < 4.78 is 0. The highest BCUT2D eigenvalue weighted by Crippen LogP contribution is 2.44. The molecule has 1 saturated heterocycles. The number of hydrogen-bond donors (Lipinski definition) is 2. The number of carbonyl (C=O) groups is 1. The fourth-order valence-corrected chi connectivity index (χ4v) is 2.88. The van der Waals surface area contributed by atoms with E-state index in [9.17, 15) is 15.0 Å². The third-order valence-corrected chi connectivity index (χ3v) is 3.92. The van der Waals surface area contributed by atoms with Gasteiger partial charge in [-0.05, 0) is 17.7 Å². The van der Waals surface area contributed by atoms with Crippen molar-refractivity contribution in [3.63, 3.8) is 0 Å². The number of para-hydroxylation sites is 1. The van der Waals surface area contributed by atoms with Crippen LogP contribution in [0.2, 0.25) is 0 Å². The predicted molar refractivity (Wildman–Crippen MR) is 79.7 cm³/mol. The molecule has 1 aliphatic heterocycles. The first-order chi connectivity index (χ1) is 10.2. The Morgan fingerprint density at radius 3 is 2.14 bits per heavy atom. The fraction of sp³-hybridized carbons (Fsp3) is 0.235. The first kappa shape index (κ1) is 13.8. The molecule has 1 aliphatic rings. The standard InChI is InChI=1S/C17H17NO3/c19-11-14(20)15-16(12-7-3-1-4-8-12)18(17(15)21)13-9-5-2-6-10-13/h1-10,14-16,19-20H,11H2/t14-,15+,16+/m1/s1. The summed E-state index contributed by atoms with van der Waals surface area (Å²) in [5, 5.41) is 19.1. The van der Waals surface area contributed by atoms with Crippen LogP contribution in [0.25, 0.3) is 0 Å². The Balaban J connectivity index is 1.98. The van der Waals surface area contributed by atoms with Crippen LogP contribution in [0, 0.1) is 5.92 Å². The molecule has 4 nitrogen and oxygen atoms in total. The molecule has 0 spiro atoms. The molecule has 2 aromatic rings. The average Bonchev–Trinajstić information content (AvgIpc) is 2.54. The number of nitrogens with zero attached hydrogens (tertiary/aromatic N) is 1. The molecule has 1 fully saturated rings. The number of hydrogen-bond acceptors (Lipinski definition) is 3. The Bertz CT molecular complexity index is 614. The molecule has 108 valence electrons. The molecule has 0 aliphatic carbocycles. The molecule has 1 heterocycles. The Kier molecular flexibility index (Phi) is 3.73. The summed E-state index contributed by atoms with van der Waals surface area (Å²) in [6.45, 7) is -0.414. The highest BCUT2D eigenvalue weighted by atomic mass is 16.3. The van der Waals surface area contributed by atoms with Crippen LogP contribution in [0.5, 0.6) is 0 Å². The van der Waals surface area contributed by atoms with Gasteiger partial charge in [-0.2, -0.15) is 0 Å². The molecule has 0 aromatic heterocycles. The van der Waals surface area contributed by atoms with Crippen molar-refractivity contribution in [3.05, 3.63) is 66.2 Å². The summed E-state index contributed by atoms with van der Waals surface area (Å²) in [4.78, 5) is 14.1. The van der Waals surface area contributed by atoms with Crippen molar-refractivity contribution < 1.29 is 15.0 Å². The lowest BCUT2D eigenvalue weighted by Gasteiger charge is -2.48. The van der Waals surface area contributed by atoms with E-state index in [4.69, 9.17) is 0 Å². The quantitative estimate of drug-likeness (QED) is 0.840. The summed E-state index contributed by atoms with van der Waals surface area (Å²) in [6, 6.07) is 18.7. The highest BCUT2D eigenvalue weighted by Gasteiger charge is 2.51. The smallest absolute Gasteiger partial charge is 0.235 e. The van der Waals surface area contributed by atoms with Crippen LogP contribution in [0.4, 0.5) is 5.69 Å². The first-order valence-electron chi connectivity index (χ1n) is 6.96. The second-order valence-electron chi connectivity index (χ2n) is 5.18. The molecular weight excluding hydrogens is 266 g/mol. The lowest BCUT2D eigenvalue weighted by Crippen LogP contribution is -2.60. The minimum absolute atomic E-state index is 0.156. The number of aliphatic hydroxyl groups is 2. The number of aliphatic hydroxyl groups excluding tert-OH is 2. The zero-order chi connectivity index (χ0) is 14.8. The topological polar surface area (TPSA) is 60.8 Å². The molecule has 4 heteroatoms. The fourth-order valence-electron chi connectivity index (χ4n) is 2.88. The maximum Gasteiger partial charge on any atom is 0.235 e. The van der Waals surface area contributed by atoms with E-state index >= 15 is 0 Å². The Hall–Kier alpha value is -2.17. The normalized spacial score (nSPS) is 22.8. The summed E-state index contributed by atoms with van der Waals surface area (Å²) in [5.41, 5.74) is 1.76. The number of β-lactam (4-membered cyclic amide) rings is 1. The van der Waals surface area contributed by atoms with Crippen LogP contribution in [0.3, 0.4) is 0 Å². The minimum atomic E-state index is -1.04. The molecule has 2 N–H and O–H groups in total. The Morgan fingerprint density at radius 2 is 1.57 bits per heavy atom. The van der Waals surface area contributed by atoms with E-state index < -0.39 is 18.6 Å². The summed E-state index contributed by atoms with van der Waals surface area (Å²) in [7, 11) is 0. The van der Waals surface area contributed by atoms with Crippen molar-refractivity contribution in [2.45, 2.75) is 12.1 Å². The second kappa shape index (κ2) is 5.68. The van der Waals surface area contributed by atoms with Crippen LogP contribution in [-0.4, -0.2) is 28.8 Å². The van der Waals surface area contributed by atoms with Crippen molar-refractivity contribution in [3.8, 4) is 0 Å². The molecule has 2 aromatic carbocycles. The van der Waals surface area contributed by atoms with Crippen molar-refractivity contribution >= 4 is 11.6 Å². The van der Waals surface area contributed by atoms with Crippen LogP contribution in [0.15, 0.2) is 60.7 Å². The third-order valence-electron chi connectivity index (χ3n) is 3.92. The van der Waals surface area contributed by atoms with Gasteiger partial charge in [-0.1, -0.05) is 48.5 Å². The van der Waals surface area contributed by atoms with Gasteiger partial charge in [0.15, 0.2) is 0 Å². The van der Waals surface area contributed by atoms with Gasteiger partial charge in [-0.25, -0.2) is 0 Å². The van der Waals surface area contributed by atoms with Crippen LogP contribution < -0.4 is 4.90 Å². The largest absolute Gasteiger partial charge is 0.394 e. The van der Waals surface area contributed by atoms with E-state index in [1.54, 1.807) is 4.90 Å². The van der Waals surface area contributed by atoms with Crippen molar-refractivity contribution in [1.82, 2.24) is 0 Å². The molecule has 3 atom stereocenters. The number of carbonyl (C=O) groups excluding carboxylic acids is 1. The molecule has 0 radical (unpaired) electrons. The van der Waals surface area contributed by atoms with Crippen molar-refractivity contribution in [2.75, 3.05) is 11.5 Å². The van der Waals surface area contributed by atoms with Crippen molar-refractivity contribution in [1.29, 1.82) is 0 Å². The van der Waals surface area contributed by atoms with E-state index in [2.05, 4.69) is 0 Å². The zero-order valence-corrected chi connectivity index (χ0v) is 11.5. The van der Waals surface area contributed by atoms with Gasteiger partial charge in [0.25, 0.3) is 0 Å². The lowest BCUT2D eigenvalue weighted by molar-refractivity contribution is -0.137. The van der Waals surface area contributed by atoms with E-state index in [1.165, 1.54) is 0 Å². The maximum atomic E-state index is 12.4. The molecule has 1 amide bonds. The number of rotatable bonds is 4. The highest BCUT2D eigenvalue weighted by molar-refractivity contribution is 6.03. The monoisotopic (exact) mass is 283 g/mol. The third kappa shape index (κ3) is 2.33. The summed E-state index contributed by atoms with van der Waals surface area (Å²) in [5.74, 6) is -0.755. The molecule has 0 saturated carbocycles. The van der Waals surface area contributed by atoms with Crippen LogP contribution in [0.1, 0.15) is 11.6 Å². The molecule has 3 rings (SSSR count). The molecule has 0 bridgehead atoms. The van der Waals surface area contributed by atoms with E-state index in [-0.39, 0.29) is 11.9 Å². The molecular formula is C17H17NO3. The summed E-state index contributed by atoms with van der Waals surface area (Å²) >= 11 is 0. The molecule has 21 heavy (non-hydrogen) atoms. The van der Waals surface area contributed by atoms with E-state index in [0.29, 0.717) is 0 Å². The van der Waals surface area contributed by atoms with Crippen LogP contribution >= 0.6 is 0 Å². The van der Waals surface area contributed by atoms with Gasteiger partial charge in [-0.15, -0.1) is 0 Å². The number of amides is 1. The SMILES string of the molecule is O=C1[C@@H]([C@H](O)CO)[C@H](c2ccccc2)N1c1ccccc1. The lowest BCUT2D eigenvalue weighted by atomic mass is 9.78. The van der Waals surface area contributed by atoms with E-state index in [1.807, 2.05) is 60.7 Å². The van der Waals surface area contributed by atoms with Gasteiger partial charge < -0.3 is 15.1 Å². The Labute approximate surface area is 123 Å². The summed E-state index contributed by atoms with van der Waals surface area (Å²) in [6.07, 6.45) is -1.04. The van der Waals surface area contributed by atoms with E-state index in [0.717, 1.165) is 11.3 Å². The zero-order valence-electron chi connectivity index (χ0n) is 11.5.